The lowest BCUT2D eigenvalue weighted by molar-refractivity contribution is 0.0459. The smallest absolute Gasteiger partial charge is 0.374 e. The number of hydrogen-bond acceptors (Lipinski definition) is 3. The third-order valence-electron chi connectivity index (χ3n) is 4.71. The molecule has 4 nitrogen and oxygen atoms in total. The van der Waals surface area contributed by atoms with Crippen molar-refractivity contribution in [2.75, 3.05) is 0 Å². The molecule has 4 aromatic rings. The van der Waals surface area contributed by atoms with Crippen molar-refractivity contribution in [3.8, 4) is 0 Å². The highest BCUT2D eigenvalue weighted by molar-refractivity contribution is 5.85. The normalized spacial score (nSPS) is 10.6. The SMILES string of the molecule is O=C(OCc1ccccc1)c1nc(Cc2ccccc2)c(Cc2ccccc2)[nH]1. The molecule has 144 valence electrons. The third kappa shape index (κ3) is 4.99. The largest absolute Gasteiger partial charge is 0.455 e. The van der Waals surface area contributed by atoms with Crippen LogP contribution in [0.15, 0.2) is 91.0 Å². The van der Waals surface area contributed by atoms with Crippen LogP contribution in [-0.2, 0) is 24.2 Å². The van der Waals surface area contributed by atoms with E-state index in [2.05, 4.69) is 34.2 Å². The Morgan fingerprint density at radius 2 is 1.24 bits per heavy atom. The summed E-state index contributed by atoms with van der Waals surface area (Å²) < 4.78 is 5.45. The van der Waals surface area contributed by atoms with E-state index < -0.39 is 5.97 Å². The first-order chi connectivity index (χ1) is 14.3. The Kier molecular flexibility index (Phi) is 5.81. The molecule has 0 atom stereocenters. The molecule has 3 aromatic carbocycles. The maximum Gasteiger partial charge on any atom is 0.374 e. The number of hydrogen-bond donors (Lipinski definition) is 1. The van der Waals surface area contributed by atoms with Crippen LogP contribution in [0.4, 0.5) is 0 Å². The van der Waals surface area contributed by atoms with E-state index in [4.69, 9.17) is 4.74 Å². The van der Waals surface area contributed by atoms with E-state index in [9.17, 15) is 4.79 Å². The molecule has 0 saturated heterocycles. The first kappa shape index (κ1) is 18.7. The predicted molar refractivity (Wildman–Crippen MR) is 113 cm³/mol. The molecular weight excluding hydrogens is 360 g/mol. The lowest BCUT2D eigenvalue weighted by Crippen LogP contribution is -2.07. The number of esters is 1. The van der Waals surface area contributed by atoms with Gasteiger partial charge in [0.25, 0.3) is 0 Å². The van der Waals surface area contributed by atoms with Crippen LogP contribution < -0.4 is 0 Å². The van der Waals surface area contributed by atoms with Gasteiger partial charge in [0.2, 0.25) is 5.82 Å². The molecule has 1 heterocycles. The average Bonchev–Trinajstić information content (AvgIpc) is 3.16. The van der Waals surface area contributed by atoms with Gasteiger partial charge in [-0.15, -0.1) is 0 Å². The summed E-state index contributed by atoms with van der Waals surface area (Å²) in [5, 5.41) is 0. The van der Waals surface area contributed by atoms with E-state index in [1.807, 2.05) is 66.7 Å². The van der Waals surface area contributed by atoms with Crippen LogP contribution in [0.3, 0.4) is 0 Å². The molecular formula is C25H22N2O2. The molecule has 0 saturated carbocycles. The first-order valence-corrected chi connectivity index (χ1v) is 9.64. The summed E-state index contributed by atoms with van der Waals surface area (Å²) in [6.45, 7) is 0.225. The number of benzene rings is 3. The van der Waals surface area contributed by atoms with E-state index >= 15 is 0 Å². The fraction of sp³-hybridized carbons (Fsp3) is 0.120. The predicted octanol–water partition coefficient (Wildman–Crippen LogP) is 4.95. The maximum absolute atomic E-state index is 12.6. The van der Waals surface area contributed by atoms with Crippen molar-refractivity contribution in [2.24, 2.45) is 0 Å². The van der Waals surface area contributed by atoms with Gasteiger partial charge in [0, 0.05) is 18.5 Å². The standard InChI is InChI=1S/C25H22N2O2/c28-25(29-18-21-14-8-3-9-15-21)24-26-22(16-19-10-4-1-5-11-19)23(27-24)17-20-12-6-2-7-13-20/h1-15H,16-18H2,(H,26,27). The van der Waals surface area contributed by atoms with Crippen LogP contribution in [0.25, 0.3) is 0 Å². The summed E-state index contributed by atoms with van der Waals surface area (Å²) in [4.78, 5) is 20.4. The van der Waals surface area contributed by atoms with Gasteiger partial charge in [-0.25, -0.2) is 9.78 Å². The van der Waals surface area contributed by atoms with E-state index in [0.717, 1.165) is 28.1 Å². The first-order valence-electron chi connectivity index (χ1n) is 9.64. The fourth-order valence-corrected chi connectivity index (χ4v) is 3.22. The van der Waals surface area contributed by atoms with Gasteiger partial charge >= 0.3 is 5.97 Å². The Hall–Kier alpha value is -3.66. The van der Waals surface area contributed by atoms with Gasteiger partial charge < -0.3 is 9.72 Å². The minimum Gasteiger partial charge on any atom is -0.455 e. The number of carbonyl (C=O) groups is 1. The van der Waals surface area contributed by atoms with Gasteiger partial charge in [0.05, 0.1) is 5.69 Å². The van der Waals surface area contributed by atoms with Crippen LogP contribution in [-0.4, -0.2) is 15.9 Å². The molecule has 0 amide bonds. The number of nitrogens with zero attached hydrogens (tertiary/aromatic N) is 1. The summed E-state index contributed by atoms with van der Waals surface area (Å²) in [6.07, 6.45) is 1.34. The van der Waals surface area contributed by atoms with Crippen LogP contribution in [0.2, 0.25) is 0 Å². The van der Waals surface area contributed by atoms with Gasteiger partial charge in [-0.3, -0.25) is 0 Å². The van der Waals surface area contributed by atoms with Crippen molar-refractivity contribution in [3.63, 3.8) is 0 Å². The van der Waals surface area contributed by atoms with E-state index in [0.29, 0.717) is 12.8 Å². The number of aromatic nitrogens is 2. The number of nitrogens with one attached hydrogen (secondary N) is 1. The van der Waals surface area contributed by atoms with Crippen molar-refractivity contribution in [2.45, 2.75) is 19.4 Å². The van der Waals surface area contributed by atoms with Gasteiger partial charge in [0.1, 0.15) is 6.61 Å². The van der Waals surface area contributed by atoms with Crippen LogP contribution in [0.5, 0.6) is 0 Å². The monoisotopic (exact) mass is 382 g/mol. The highest BCUT2D eigenvalue weighted by atomic mass is 16.5. The topological polar surface area (TPSA) is 55.0 Å². The molecule has 0 unspecified atom stereocenters. The Morgan fingerprint density at radius 3 is 1.83 bits per heavy atom. The van der Waals surface area contributed by atoms with E-state index in [1.54, 1.807) is 0 Å². The number of rotatable bonds is 7. The molecule has 29 heavy (non-hydrogen) atoms. The zero-order valence-corrected chi connectivity index (χ0v) is 16.0. The number of aromatic amines is 1. The molecule has 0 aliphatic carbocycles. The highest BCUT2D eigenvalue weighted by Gasteiger charge is 2.18. The Balaban J connectivity index is 1.55. The van der Waals surface area contributed by atoms with Crippen LogP contribution in [0.1, 0.15) is 38.7 Å². The second-order valence-corrected chi connectivity index (χ2v) is 6.90. The van der Waals surface area contributed by atoms with E-state index in [-0.39, 0.29) is 12.4 Å². The second kappa shape index (κ2) is 9.02. The van der Waals surface area contributed by atoms with Gasteiger partial charge in [-0.2, -0.15) is 0 Å². The molecule has 0 fully saturated rings. The van der Waals surface area contributed by atoms with Gasteiger partial charge in [-0.1, -0.05) is 91.0 Å². The molecule has 0 aliphatic heterocycles. The Morgan fingerprint density at radius 1 is 0.724 bits per heavy atom. The summed E-state index contributed by atoms with van der Waals surface area (Å²) in [6, 6.07) is 29.9. The molecule has 4 rings (SSSR count). The van der Waals surface area contributed by atoms with Gasteiger partial charge in [0.15, 0.2) is 0 Å². The summed E-state index contributed by atoms with van der Waals surface area (Å²) >= 11 is 0. The molecule has 4 heteroatoms. The summed E-state index contributed by atoms with van der Waals surface area (Å²) in [5.41, 5.74) is 5.06. The lowest BCUT2D eigenvalue weighted by Gasteiger charge is -2.03. The molecule has 0 aliphatic rings. The minimum absolute atomic E-state index is 0.225. The number of ether oxygens (including phenoxy) is 1. The van der Waals surface area contributed by atoms with E-state index in [1.165, 1.54) is 0 Å². The molecule has 1 N–H and O–H groups in total. The number of H-pyrrole nitrogens is 1. The zero-order valence-electron chi connectivity index (χ0n) is 16.0. The van der Waals surface area contributed by atoms with Gasteiger partial charge in [-0.05, 0) is 16.7 Å². The highest BCUT2D eigenvalue weighted by Crippen LogP contribution is 2.17. The summed E-state index contributed by atoms with van der Waals surface area (Å²) in [7, 11) is 0. The average molecular weight is 382 g/mol. The van der Waals surface area contributed by atoms with Crippen molar-refractivity contribution < 1.29 is 9.53 Å². The maximum atomic E-state index is 12.6. The fourth-order valence-electron chi connectivity index (χ4n) is 3.22. The molecule has 0 radical (unpaired) electrons. The zero-order chi connectivity index (χ0) is 19.9. The summed E-state index contributed by atoms with van der Waals surface area (Å²) in [5.74, 6) is -0.194. The van der Waals surface area contributed by atoms with Crippen molar-refractivity contribution in [3.05, 3.63) is 125 Å². The van der Waals surface area contributed by atoms with Crippen LogP contribution >= 0.6 is 0 Å². The quantitative estimate of drug-likeness (QED) is 0.460. The van der Waals surface area contributed by atoms with Crippen LogP contribution in [0, 0.1) is 0 Å². The molecule has 1 aromatic heterocycles. The molecule has 0 bridgehead atoms. The minimum atomic E-state index is -0.442. The number of carbonyl (C=O) groups excluding carboxylic acids is 1. The van der Waals surface area contributed by atoms with Crippen molar-refractivity contribution in [1.82, 2.24) is 9.97 Å². The second-order valence-electron chi connectivity index (χ2n) is 6.90. The third-order valence-corrected chi connectivity index (χ3v) is 4.71. The van der Waals surface area contributed by atoms with Crippen molar-refractivity contribution >= 4 is 5.97 Å². The number of imidazole rings is 1. The lowest BCUT2D eigenvalue weighted by atomic mass is 10.0. The Bertz CT molecular complexity index is 999. The molecule has 0 spiro atoms. The van der Waals surface area contributed by atoms with Crippen molar-refractivity contribution in [1.29, 1.82) is 0 Å². The Labute approximate surface area is 170 Å².